The third-order valence-electron chi connectivity index (χ3n) is 7.32. The van der Waals surface area contributed by atoms with E-state index in [1.165, 1.54) is 6.92 Å². The van der Waals surface area contributed by atoms with Crippen LogP contribution in [0.1, 0.15) is 50.2 Å². The molecule has 4 rings (SSSR count). The molecule has 9 nitrogen and oxygen atoms in total. The fourth-order valence-corrected chi connectivity index (χ4v) is 5.51. The number of ether oxygens (including phenoxy) is 1. The van der Waals surface area contributed by atoms with E-state index in [0.717, 1.165) is 41.8 Å². The molecule has 0 unspecified atom stereocenters. The minimum Gasteiger partial charge on any atom is -0.493 e. The third kappa shape index (κ3) is 6.28. The number of unbranched alkanes of at least 4 members (excludes halogenated alkanes) is 1. The van der Waals surface area contributed by atoms with Gasteiger partial charge < -0.3 is 20.1 Å². The molecular formula is C28H36N4O5. The Labute approximate surface area is 217 Å². The number of pyridine rings is 1. The molecule has 3 heterocycles. The van der Waals surface area contributed by atoms with Gasteiger partial charge in [0, 0.05) is 51.1 Å². The van der Waals surface area contributed by atoms with Gasteiger partial charge in [0.15, 0.2) is 0 Å². The molecule has 37 heavy (non-hydrogen) atoms. The number of aromatic nitrogens is 1. The summed E-state index contributed by atoms with van der Waals surface area (Å²) in [6, 6.07) is 9.21. The van der Waals surface area contributed by atoms with E-state index < -0.39 is 17.9 Å². The number of carbonyl (C=O) groups is 3. The molecule has 2 aromatic rings. The molecule has 9 heteroatoms. The lowest BCUT2D eigenvalue weighted by Crippen LogP contribution is -2.45. The first-order valence-corrected chi connectivity index (χ1v) is 13.1. The van der Waals surface area contributed by atoms with Crippen LogP contribution in [0, 0.1) is 5.92 Å². The second-order valence-electron chi connectivity index (χ2n) is 9.81. The molecule has 3 atom stereocenters. The average Bonchev–Trinajstić information content (AvgIpc) is 3.49. The lowest BCUT2D eigenvalue weighted by molar-refractivity contribution is -0.143. The number of anilines is 1. The largest absolute Gasteiger partial charge is 0.493 e. The number of carboxylic acids is 1. The average molecular weight is 509 g/mol. The number of aliphatic carboxylic acids is 1. The van der Waals surface area contributed by atoms with E-state index in [2.05, 4.69) is 23.3 Å². The Morgan fingerprint density at radius 1 is 1.27 bits per heavy atom. The molecule has 2 aliphatic rings. The number of hydrogen-bond acceptors (Lipinski definition) is 6. The van der Waals surface area contributed by atoms with E-state index in [-0.39, 0.29) is 24.3 Å². The number of nitrogens with one attached hydrogen (secondary N) is 1. The Balaban J connectivity index is 1.61. The number of rotatable bonds is 11. The van der Waals surface area contributed by atoms with Gasteiger partial charge in [0.2, 0.25) is 11.8 Å². The summed E-state index contributed by atoms with van der Waals surface area (Å²) >= 11 is 0. The first-order chi connectivity index (χ1) is 17.9. The van der Waals surface area contributed by atoms with Gasteiger partial charge in [-0.05, 0) is 42.2 Å². The Morgan fingerprint density at radius 2 is 2.11 bits per heavy atom. The molecule has 1 aromatic heterocycles. The number of carboxylic acid groups (broad SMARTS) is 1. The highest BCUT2D eigenvalue weighted by Crippen LogP contribution is 2.41. The zero-order valence-electron chi connectivity index (χ0n) is 21.6. The summed E-state index contributed by atoms with van der Waals surface area (Å²) in [5.74, 6) is -1.26. The number of fused-ring (bicyclic) bond motifs is 1. The number of carbonyl (C=O) groups excluding carboxylic acids is 2. The Morgan fingerprint density at radius 3 is 2.81 bits per heavy atom. The predicted octanol–water partition coefficient (Wildman–Crippen LogP) is 2.84. The zero-order chi connectivity index (χ0) is 26.4. The molecular weight excluding hydrogens is 472 g/mol. The molecule has 1 aromatic carbocycles. The van der Waals surface area contributed by atoms with Crippen molar-refractivity contribution in [1.29, 1.82) is 0 Å². The van der Waals surface area contributed by atoms with Crippen LogP contribution in [-0.2, 0) is 20.8 Å². The van der Waals surface area contributed by atoms with E-state index in [1.807, 2.05) is 29.2 Å². The summed E-state index contributed by atoms with van der Waals surface area (Å²) < 4.78 is 5.64. The highest BCUT2D eigenvalue weighted by molar-refractivity contribution is 5.94. The normalized spacial score (nSPS) is 20.8. The van der Waals surface area contributed by atoms with Crippen molar-refractivity contribution in [2.24, 2.45) is 5.92 Å². The molecule has 2 aliphatic heterocycles. The summed E-state index contributed by atoms with van der Waals surface area (Å²) in [7, 11) is 0. The molecule has 1 fully saturated rings. The van der Waals surface area contributed by atoms with Crippen molar-refractivity contribution in [3.63, 3.8) is 0 Å². The Bertz CT molecular complexity index is 1110. The SMILES string of the molecule is CCCCN(C(=O)CN1C[C@H](c2ccc3c(c2)CCO3)[C@@H](C(=O)O)[C@@H]1CCNC(C)=O)c1cccnc1. The van der Waals surface area contributed by atoms with Crippen molar-refractivity contribution in [2.45, 2.75) is 51.5 Å². The number of nitrogens with zero attached hydrogens (tertiary/aromatic N) is 3. The van der Waals surface area contributed by atoms with Crippen molar-refractivity contribution in [3.8, 4) is 5.75 Å². The van der Waals surface area contributed by atoms with Crippen LogP contribution < -0.4 is 15.0 Å². The summed E-state index contributed by atoms with van der Waals surface area (Å²) in [5.41, 5.74) is 2.78. The minimum atomic E-state index is -0.889. The summed E-state index contributed by atoms with van der Waals surface area (Å²) in [6.45, 7) is 5.62. The molecule has 2 amide bonds. The summed E-state index contributed by atoms with van der Waals surface area (Å²) in [6.07, 6.45) is 6.40. The first-order valence-electron chi connectivity index (χ1n) is 13.1. The predicted molar refractivity (Wildman–Crippen MR) is 140 cm³/mol. The van der Waals surface area contributed by atoms with E-state index in [9.17, 15) is 19.5 Å². The molecule has 2 N–H and O–H groups in total. The van der Waals surface area contributed by atoms with Gasteiger partial charge in [-0.3, -0.25) is 24.3 Å². The van der Waals surface area contributed by atoms with Crippen LogP contribution in [0.4, 0.5) is 5.69 Å². The van der Waals surface area contributed by atoms with Gasteiger partial charge in [-0.2, -0.15) is 0 Å². The lowest BCUT2D eigenvalue weighted by Gasteiger charge is -2.29. The smallest absolute Gasteiger partial charge is 0.308 e. The van der Waals surface area contributed by atoms with Gasteiger partial charge in [-0.15, -0.1) is 0 Å². The second kappa shape index (κ2) is 12.2. The molecule has 0 bridgehead atoms. The monoisotopic (exact) mass is 508 g/mol. The summed E-state index contributed by atoms with van der Waals surface area (Å²) in [5, 5.41) is 13.1. The van der Waals surface area contributed by atoms with Gasteiger partial charge in [-0.25, -0.2) is 0 Å². The molecule has 1 saturated heterocycles. The number of likely N-dealkylation sites (tertiary alicyclic amines) is 1. The van der Waals surface area contributed by atoms with Gasteiger partial charge >= 0.3 is 5.97 Å². The van der Waals surface area contributed by atoms with E-state index >= 15 is 0 Å². The quantitative estimate of drug-likeness (QED) is 0.480. The van der Waals surface area contributed by atoms with E-state index in [0.29, 0.717) is 32.7 Å². The maximum atomic E-state index is 13.6. The van der Waals surface area contributed by atoms with Crippen LogP contribution in [0.3, 0.4) is 0 Å². The summed E-state index contributed by atoms with van der Waals surface area (Å²) in [4.78, 5) is 45.7. The Kier molecular flexibility index (Phi) is 8.76. The number of amides is 2. The fourth-order valence-electron chi connectivity index (χ4n) is 5.51. The highest BCUT2D eigenvalue weighted by atomic mass is 16.5. The number of benzene rings is 1. The van der Waals surface area contributed by atoms with Crippen LogP contribution in [0.25, 0.3) is 0 Å². The highest BCUT2D eigenvalue weighted by Gasteiger charge is 2.47. The Hall–Kier alpha value is -3.46. The third-order valence-corrected chi connectivity index (χ3v) is 7.32. The molecule has 0 spiro atoms. The maximum Gasteiger partial charge on any atom is 0.308 e. The van der Waals surface area contributed by atoms with E-state index in [4.69, 9.17) is 4.74 Å². The standard InChI is InChI=1S/C28H36N4O5/c1-3-4-13-32(22-6-5-11-29-16-22)26(34)18-31-17-23(20-7-8-25-21(15-20)10-14-37-25)27(28(35)36)24(31)9-12-30-19(2)33/h5-8,11,15-16,23-24,27H,3-4,9-10,12-14,17-18H2,1-2H3,(H,30,33)(H,35,36)/t23-,24+,27-/m1/s1. The molecule has 0 radical (unpaired) electrons. The lowest BCUT2D eigenvalue weighted by atomic mass is 9.83. The topological polar surface area (TPSA) is 112 Å². The van der Waals surface area contributed by atoms with Gasteiger partial charge in [0.1, 0.15) is 5.75 Å². The maximum absolute atomic E-state index is 13.6. The van der Waals surface area contributed by atoms with Crippen molar-refractivity contribution in [2.75, 3.05) is 37.7 Å². The van der Waals surface area contributed by atoms with Crippen LogP contribution in [0.15, 0.2) is 42.7 Å². The first kappa shape index (κ1) is 26.6. The number of hydrogen-bond donors (Lipinski definition) is 2. The van der Waals surface area contributed by atoms with Crippen LogP contribution in [0.5, 0.6) is 5.75 Å². The molecule has 198 valence electrons. The van der Waals surface area contributed by atoms with Gasteiger partial charge in [0.05, 0.1) is 31.0 Å². The molecule has 0 aliphatic carbocycles. The fraction of sp³-hybridized carbons (Fsp3) is 0.500. The second-order valence-corrected chi connectivity index (χ2v) is 9.81. The van der Waals surface area contributed by atoms with Crippen molar-refractivity contribution in [1.82, 2.24) is 15.2 Å². The van der Waals surface area contributed by atoms with Gasteiger partial charge in [0.25, 0.3) is 0 Å². The minimum absolute atomic E-state index is 0.0851. The van der Waals surface area contributed by atoms with Crippen molar-refractivity contribution < 1.29 is 24.2 Å². The van der Waals surface area contributed by atoms with Crippen LogP contribution >= 0.6 is 0 Å². The van der Waals surface area contributed by atoms with Crippen molar-refractivity contribution >= 4 is 23.5 Å². The van der Waals surface area contributed by atoms with E-state index in [1.54, 1.807) is 17.3 Å². The van der Waals surface area contributed by atoms with Gasteiger partial charge in [-0.1, -0.05) is 25.5 Å². The van der Waals surface area contributed by atoms with Crippen molar-refractivity contribution in [3.05, 3.63) is 53.9 Å². The van der Waals surface area contributed by atoms with Crippen LogP contribution in [0.2, 0.25) is 0 Å². The van der Waals surface area contributed by atoms with Crippen LogP contribution in [-0.4, -0.2) is 71.6 Å². The zero-order valence-corrected chi connectivity index (χ0v) is 21.6. The molecule has 0 saturated carbocycles.